The Morgan fingerprint density at radius 1 is 1.17 bits per heavy atom. The zero-order chi connectivity index (χ0) is 20.4. The average Bonchev–Trinajstić information content (AvgIpc) is 3.24. The molecule has 1 aliphatic rings. The standard InChI is InChI=1S/C20H17FN4O4/c21-15-6-3-12(4-7-15)17-23-18(29-24-17)14-2-1-9-25(11-14)19(26)13-5-8-16(20(27)28)22-10-13/h3-8,10,14H,1-2,9,11H2,(H,27,28). The fraction of sp³-hybridized carbons (Fsp3) is 0.250. The van der Waals surface area contributed by atoms with Crippen molar-refractivity contribution in [3.8, 4) is 11.4 Å². The molecule has 0 aliphatic carbocycles. The maximum absolute atomic E-state index is 13.1. The van der Waals surface area contributed by atoms with Crippen molar-refractivity contribution < 1.29 is 23.6 Å². The van der Waals surface area contributed by atoms with Gasteiger partial charge in [0, 0.05) is 24.8 Å². The van der Waals surface area contributed by atoms with Gasteiger partial charge in [-0.1, -0.05) is 5.16 Å². The van der Waals surface area contributed by atoms with Crippen LogP contribution in [0.15, 0.2) is 47.1 Å². The zero-order valence-corrected chi connectivity index (χ0v) is 15.3. The average molecular weight is 396 g/mol. The van der Waals surface area contributed by atoms with Gasteiger partial charge in [0.25, 0.3) is 5.91 Å². The maximum Gasteiger partial charge on any atom is 0.354 e. The second kappa shape index (κ2) is 7.78. The number of carbonyl (C=O) groups excluding carboxylic acids is 1. The summed E-state index contributed by atoms with van der Waals surface area (Å²) in [5.41, 5.74) is 0.861. The minimum Gasteiger partial charge on any atom is -0.477 e. The van der Waals surface area contributed by atoms with Crippen molar-refractivity contribution in [3.05, 3.63) is 65.6 Å². The van der Waals surface area contributed by atoms with E-state index < -0.39 is 5.97 Å². The lowest BCUT2D eigenvalue weighted by atomic mass is 9.97. The van der Waals surface area contributed by atoms with E-state index in [0.717, 1.165) is 12.8 Å². The summed E-state index contributed by atoms with van der Waals surface area (Å²) in [6.45, 7) is 0.986. The number of piperidine rings is 1. The number of benzene rings is 1. The van der Waals surface area contributed by atoms with Gasteiger partial charge < -0.3 is 14.5 Å². The van der Waals surface area contributed by atoms with Gasteiger partial charge in [-0.05, 0) is 49.2 Å². The summed E-state index contributed by atoms with van der Waals surface area (Å²) in [6, 6.07) is 8.58. The van der Waals surface area contributed by atoms with Gasteiger partial charge >= 0.3 is 5.97 Å². The first-order valence-corrected chi connectivity index (χ1v) is 9.09. The first-order valence-electron chi connectivity index (χ1n) is 9.09. The smallest absolute Gasteiger partial charge is 0.354 e. The molecule has 1 unspecified atom stereocenters. The number of nitrogens with zero attached hydrogens (tertiary/aromatic N) is 4. The molecule has 1 saturated heterocycles. The van der Waals surface area contributed by atoms with E-state index in [1.807, 2.05) is 0 Å². The third-order valence-electron chi connectivity index (χ3n) is 4.83. The van der Waals surface area contributed by atoms with E-state index in [-0.39, 0.29) is 23.3 Å². The highest BCUT2D eigenvalue weighted by molar-refractivity contribution is 5.95. The van der Waals surface area contributed by atoms with E-state index in [2.05, 4.69) is 15.1 Å². The molecule has 1 fully saturated rings. The number of rotatable bonds is 4. The number of aromatic nitrogens is 3. The number of hydrogen-bond acceptors (Lipinski definition) is 6. The van der Waals surface area contributed by atoms with Crippen LogP contribution in [0.2, 0.25) is 0 Å². The summed E-state index contributed by atoms with van der Waals surface area (Å²) in [5.74, 6) is -1.02. The van der Waals surface area contributed by atoms with Crippen LogP contribution in [-0.4, -0.2) is 50.1 Å². The van der Waals surface area contributed by atoms with Crippen LogP contribution < -0.4 is 0 Å². The summed E-state index contributed by atoms with van der Waals surface area (Å²) in [4.78, 5) is 33.5. The molecule has 3 aromatic rings. The van der Waals surface area contributed by atoms with Crippen molar-refractivity contribution in [1.82, 2.24) is 20.0 Å². The number of carboxylic acids is 1. The molecule has 1 amide bonds. The Kier molecular flexibility index (Phi) is 5.03. The number of halogens is 1. The molecule has 0 saturated carbocycles. The number of carboxylic acid groups (broad SMARTS) is 1. The van der Waals surface area contributed by atoms with Crippen molar-refractivity contribution in [2.45, 2.75) is 18.8 Å². The predicted molar refractivity (Wildman–Crippen MR) is 98.8 cm³/mol. The van der Waals surface area contributed by atoms with E-state index >= 15 is 0 Å². The Balaban J connectivity index is 1.47. The van der Waals surface area contributed by atoms with Crippen molar-refractivity contribution in [1.29, 1.82) is 0 Å². The molecule has 3 heterocycles. The molecule has 0 bridgehead atoms. The normalized spacial score (nSPS) is 16.6. The largest absolute Gasteiger partial charge is 0.477 e. The summed E-state index contributed by atoms with van der Waals surface area (Å²) in [6.07, 6.45) is 2.84. The van der Waals surface area contributed by atoms with Crippen LogP contribution in [0, 0.1) is 5.82 Å². The number of amides is 1. The lowest BCUT2D eigenvalue weighted by molar-refractivity contribution is 0.0677. The van der Waals surface area contributed by atoms with Crippen LogP contribution in [0.25, 0.3) is 11.4 Å². The third kappa shape index (κ3) is 3.98. The molecule has 8 nitrogen and oxygen atoms in total. The third-order valence-corrected chi connectivity index (χ3v) is 4.83. The van der Waals surface area contributed by atoms with Crippen LogP contribution in [0.3, 0.4) is 0 Å². The lowest BCUT2D eigenvalue weighted by Gasteiger charge is -2.31. The SMILES string of the molecule is O=C(O)c1ccc(C(=O)N2CCCC(c3nc(-c4ccc(F)cc4)no3)C2)cn1. The Morgan fingerprint density at radius 3 is 2.66 bits per heavy atom. The number of carbonyl (C=O) groups is 2. The number of pyridine rings is 1. The fourth-order valence-corrected chi connectivity index (χ4v) is 3.31. The Labute approximate surface area is 165 Å². The van der Waals surface area contributed by atoms with E-state index in [4.69, 9.17) is 9.63 Å². The molecule has 1 aliphatic heterocycles. The Bertz CT molecular complexity index is 1030. The lowest BCUT2D eigenvalue weighted by Crippen LogP contribution is -2.39. The molecular formula is C20H17FN4O4. The van der Waals surface area contributed by atoms with E-state index in [0.29, 0.717) is 35.9 Å². The highest BCUT2D eigenvalue weighted by atomic mass is 19.1. The van der Waals surface area contributed by atoms with Crippen LogP contribution in [0.5, 0.6) is 0 Å². The summed E-state index contributed by atoms with van der Waals surface area (Å²) >= 11 is 0. The van der Waals surface area contributed by atoms with E-state index in [1.54, 1.807) is 17.0 Å². The van der Waals surface area contributed by atoms with Crippen LogP contribution in [0.4, 0.5) is 4.39 Å². The molecule has 4 rings (SSSR count). The fourth-order valence-electron chi connectivity index (χ4n) is 3.31. The minimum atomic E-state index is -1.14. The second-order valence-electron chi connectivity index (χ2n) is 6.79. The van der Waals surface area contributed by atoms with Crippen molar-refractivity contribution in [2.24, 2.45) is 0 Å². The van der Waals surface area contributed by atoms with Crippen LogP contribution in [-0.2, 0) is 0 Å². The van der Waals surface area contributed by atoms with Gasteiger partial charge in [-0.2, -0.15) is 4.98 Å². The molecule has 1 atom stereocenters. The predicted octanol–water partition coefficient (Wildman–Crippen LogP) is 2.99. The summed E-state index contributed by atoms with van der Waals surface area (Å²) in [5, 5.41) is 12.9. The molecule has 148 valence electrons. The van der Waals surface area contributed by atoms with Gasteiger partial charge in [-0.3, -0.25) is 4.79 Å². The van der Waals surface area contributed by atoms with Gasteiger partial charge in [0.2, 0.25) is 11.7 Å². The number of hydrogen-bond donors (Lipinski definition) is 1. The first-order chi connectivity index (χ1) is 14.0. The zero-order valence-electron chi connectivity index (χ0n) is 15.3. The van der Waals surface area contributed by atoms with Crippen LogP contribution >= 0.6 is 0 Å². The van der Waals surface area contributed by atoms with E-state index in [1.165, 1.54) is 30.5 Å². The van der Waals surface area contributed by atoms with Crippen molar-refractivity contribution in [2.75, 3.05) is 13.1 Å². The van der Waals surface area contributed by atoms with Crippen molar-refractivity contribution >= 4 is 11.9 Å². The van der Waals surface area contributed by atoms with Gasteiger partial charge in [-0.15, -0.1) is 0 Å². The Hall–Kier alpha value is -3.62. The highest BCUT2D eigenvalue weighted by Crippen LogP contribution is 2.28. The molecule has 0 radical (unpaired) electrons. The quantitative estimate of drug-likeness (QED) is 0.722. The maximum atomic E-state index is 13.1. The molecule has 29 heavy (non-hydrogen) atoms. The highest BCUT2D eigenvalue weighted by Gasteiger charge is 2.29. The number of aromatic carboxylic acids is 1. The summed E-state index contributed by atoms with van der Waals surface area (Å²) < 4.78 is 18.5. The molecule has 1 aromatic carbocycles. The molecule has 0 spiro atoms. The van der Waals surface area contributed by atoms with Crippen LogP contribution in [0.1, 0.15) is 45.5 Å². The molecule has 9 heteroatoms. The van der Waals surface area contributed by atoms with Gasteiger partial charge in [0.1, 0.15) is 11.5 Å². The molecular weight excluding hydrogens is 379 g/mol. The molecule has 1 N–H and O–H groups in total. The van der Waals surface area contributed by atoms with Gasteiger partial charge in [0.15, 0.2) is 0 Å². The summed E-state index contributed by atoms with van der Waals surface area (Å²) in [7, 11) is 0. The second-order valence-corrected chi connectivity index (χ2v) is 6.79. The monoisotopic (exact) mass is 396 g/mol. The molecule has 2 aromatic heterocycles. The van der Waals surface area contributed by atoms with Gasteiger partial charge in [0.05, 0.1) is 11.5 Å². The Morgan fingerprint density at radius 2 is 1.97 bits per heavy atom. The van der Waals surface area contributed by atoms with Gasteiger partial charge in [-0.25, -0.2) is 14.2 Å². The van der Waals surface area contributed by atoms with E-state index in [9.17, 15) is 14.0 Å². The minimum absolute atomic E-state index is 0.111. The number of likely N-dealkylation sites (tertiary alicyclic amines) is 1. The van der Waals surface area contributed by atoms with Crippen molar-refractivity contribution in [3.63, 3.8) is 0 Å². The first kappa shape index (κ1) is 18.7. The topological polar surface area (TPSA) is 109 Å².